The lowest BCUT2D eigenvalue weighted by atomic mass is 9.66. The molecule has 4 rings (SSSR count). The van der Waals surface area contributed by atoms with Crippen molar-refractivity contribution in [2.75, 3.05) is 18.4 Å². The number of halogens is 3. The van der Waals surface area contributed by atoms with E-state index in [9.17, 15) is 22.3 Å². The molecule has 0 unspecified atom stereocenters. The quantitative estimate of drug-likeness (QED) is 0.672. The number of aliphatic hydroxyl groups is 1. The smallest absolute Gasteiger partial charge is 0.350 e. The standard InChI is InChI=1S/C17H23ClF2N6O3S/c1-2-17(5-3-6-17)14-23-13(18)11-8-21-16(24-26(11)14)22-10-4-7-25(9-12(10)27)30(28,29)15(19)20/h8,10,12,15,27H,2-7,9H2,1H3,(H,22,24)/t10-,12-/m1/s1. The zero-order valence-corrected chi connectivity index (χ0v) is 17.9. The predicted molar refractivity (Wildman–Crippen MR) is 106 cm³/mol. The van der Waals surface area contributed by atoms with Gasteiger partial charge in [0.2, 0.25) is 5.95 Å². The van der Waals surface area contributed by atoms with E-state index in [0.717, 1.165) is 31.5 Å². The van der Waals surface area contributed by atoms with Crippen molar-refractivity contribution >= 4 is 33.1 Å². The van der Waals surface area contributed by atoms with Crippen molar-refractivity contribution in [3.63, 3.8) is 0 Å². The molecule has 2 atom stereocenters. The maximum atomic E-state index is 12.7. The normalized spacial score (nSPS) is 24.9. The number of imidazole rings is 1. The zero-order valence-electron chi connectivity index (χ0n) is 16.3. The lowest BCUT2D eigenvalue weighted by Gasteiger charge is -2.39. The van der Waals surface area contributed by atoms with Crippen LogP contribution in [0.4, 0.5) is 14.7 Å². The van der Waals surface area contributed by atoms with E-state index in [-0.39, 0.29) is 24.3 Å². The van der Waals surface area contributed by atoms with Gasteiger partial charge in [-0.15, -0.1) is 5.10 Å². The Morgan fingerprint density at radius 1 is 1.43 bits per heavy atom. The highest BCUT2D eigenvalue weighted by Crippen LogP contribution is 2.46. The molecule has 2 aliphatic rings. The van der Waals surface area contributed by atoms with Crippen LogP contribution in [0.1, 0.15) is 44.9 Å². The molecule has 0 amide bonds. The van der Waals surface area contributed by atoms with Gasteiger partial charge in [-0.1, -0.05) is 24.9 Å². The van der Waals surface area contributed by atoms with Crippen molar-refractivity contribution in [3.05, 3.63) is 17.2 Å². The second-order valence-electron chi connectivity index (χ2n) is 7.86. The third kappa shape index (κ3) is 3.53. The summed E-state index contributed by atoms with van der Waals surface area (Å²) < 4.78 is 51.1. The predicted octanol–water partition coefficient (Wildman–Crippen LogP) is 2.01. The van der Waals surface area contributed by atoms with Crippen molar-refractivity contribution < 1.29 is 22.3 Å². The number of hydrogen-bond donors (Lipinski definition) is 2. The molecule has 3 heterocycles. The Kier molecular flexibility index (Phi) is 5.62. The van der Waals surface area contributed by atoms with Crippen molar-refractivity contribution in [3.8, 4) is 0 Å². The molecule has 2 N–H and O–H groups in total. The minimum Gasteiger partial charge on any atom is -0.390 e. The van der Waals surface area contributed by atoms with Crippen molar-refractivity contribution in [2.45, 2.75) is 62.3 Å². The largest absolute Gasteiger partial charge is 0.390 e. The van der Waals surface area contributed by atoms with Crippen LogP contribution in [0.25, 0.3) is 5.52 Å². The van der Waals surface area contributed by atoms with E-state index in [2.05, 4.69) is 27.3 Å². The van der Waals surface area contributed by atoms with Gasteiger partial charge in [0.1, 0.15) is 11.3 Å². The van der Waals surface area contributed by atoms with E-state index in [1.807, 2.05) is 0 Å². The summed E-state index contributed by atoms with van der Waals surface area (Å²) in [4.78, 5) is 8.74. The number of hydrogen-bond acceptors (Lipinski definition) is 7. The third-order valence-electron chi connectivity index (χ3n) is 6.25. The number of rotatable bonds is 6. The van der Waals surface area contributed by atoms with Gasteiger partial charge in [-0.25, -0.2) is 22.9 Å². The zero-order chi connectivity index (χ0) is 21.7. The number of fused-ring (bicyclic) bond motifs is 1. The van der Waals surface area contributed by atoms with Gasteiger partial charge < -0.3 is 10.4 Å². The molecule has 13 heteroatoms. The molecular weight excluding hydrogens is 442 g/mol. The first-order chi connectivity index (χ1) is 14.2. The van der Waals surface area contributed by atoms with Crippen LogP contribution in [0, 0.1) is 0 Å². The Labute approximate surface area is 177 Å². The summed E-state index contributed by atoms with van der Waals surface area (Å²) in [6.45, 7) is 1.55. The summed E-state index contributed by atoms with van der Waals surface area (Å²) >= 11 is 6.28. The summed E-state index contributed by atoms with van der Waals surface area (Å²) in [5, 5.41) is 18.1. The Hall–Kier alpha value is -1.63. The summed E-state index contributed by atoms with van der Waals surface area (Å²) in [5.41, 5.74) is 0.506. The molecule has 166 valence electrons. The van der Waals surface area contributed by atoms with E-state index in [4.69, 9.17) is 11.6 Å². The molecule has 0 radical (unpaired) electrons. The average Bonchev–Trinajstić information content (AvgIpc) is 2.99. The van der Waals surface area contributed by atoms with Crippen LogP contribution in [0.3, 0.4) is 0 Å². The first-order valence-electron chi connectivity index (χ1n) is 9.81. The number of nitrogens with one attached hydrogen (secondary N) is 1. The van der Waals surface area contributed by atoms with Crippen molar-refractivity contribution in [1.82, 2.24) is 23.9 Å². The van der Waals surface area contributed by atoms with Crippen LogP contribution in [0.2, 0.25) is 5.15 Å². The summed E-state index contributed by atoms with van der Waals surface area (Å²) in [5.74, 6) is -2.51. The maximum absolute atomic E-state index is 12.7. The van der Waals surface area contributed by atoms with Crippen LogP contribution in [-0.2, 0) is 15.4 Å². The highest BCUT2D eigenvalue weighted by molar-refractivity contribution is 7.89. The van der Waals surface area contributed by atoms with E-state index >= 15 is 0 Å². The van der Waals surface area contributed by atoms with Gasteiger partial charge in [-0.3, -0.25) is 0 Å². The molecule has 1 saturated heterocycles. The van der Waals surface area contributed by atoms with Crippen LogP contribution < -0.4 is 5.32 Å². The van der Waals surface area contributed by atoms with Gasteiger partial charge in [0.05, 0.1) is 18.3 Å². The Balaban J connectivity index is 1.55. The monoisotopic (exact) mass is 464 g/mol. The molecule has 1 aliphatic heterocycles. The number of piperidine rings is 1. The fourth-order valence-electron chi connectivity index (χ4n) is 4.18. The number of anilines is 1. The first-order valence-corrected chi connectivity index (χ1v) is 11.7. The van der Waals surface area contributed by atoms with E-state index < -0.39 is 34.5 Å². The second kappa shape index (κ2) is 7.81. The fourth-order valence-corrected chi connectivity index (χ4v) is 5.33. The second-order valence-corrected chi connectivity index (χ2v) is 10.1. The molecular formula is C17H23ClF2N6O3S. The van der Waals surface area contributed by atoms with Crippen LogP contribution in [-0.4, -0.2) is 68.4 Å². The Bertz CT molecular complexity index is 1040. The number of aliphatic hydroxyl groups excluding tert-OH is 1. The Morgan fingerprint density at radius 2 is 2.17 bits per heavy atom. The molecule has 1 saturated carbocycles. The number of aromatic nitrogens is 4. The van der Waals surface area contributed by atoms with Crippen molar-refractivity contribution in [2.24, 2.45) is 0 Å². The van der Waals surface area contributed by atoms with Gasteiger partial charge in [0, 0.05) is 18.5 Å². The number of sulfonamides is 1. The fraction of sp³-hybridized carbons (Fsp3) is 0.706. The molecule has 2 fully saturated rings. The maximum Gasteiger partial charge on any atom is 0.350 e. The van der Waals surface area contributed by atoms with Crippen LogP contribution in [0.5, 0.6) is 0 Å². The minimum absolute atomic E-state index is 0.0732. The van der Waals surface area contributed by atoms with Gasteiger partial charge in [0.25, 0.3) is 10.0 Å². The first kappa shape index (κ1) is 21.6. The lowest BCUT2D eigenvalue weighted by Crippen LogP contribution is -2.52. The summed E-state index contributed by atoms with van der Waals surface area (Å²) in [6.07, 6.45) is 4.51. The molecule has 1 aliphatic carbocycles. The van der Waals surface area contributed by atoms with Crippen molar-refractivity contribution in [1.29, 1.82) is 0 Å². The molecule has 2 aromatic heterocycles. The highest BCUT2D eigenvalue weighted by atomic mass is 35.5. The van der Waals surface area contributed by atoms with E-state index in [1.165, 1.54) is 0 Å². The van der Waals surface area contributed by atoms with Gasteiger partial charge in [-0.2, -0.15) is 13.1 Å². The number of nitrogens with zero attached hydrogens (tertiary/aromatic N) is 5. The number of β-amino-alcohol motifs (C(OH)–C–C–N with tert-alkyl or cyclic N) is 1. The van der Waals surface area contributed by atoms with Gasteiger partial charge >= 0.3 is 5.76 Å². The summed E-state index contributed by atoms with van der Waals surface area (Å²) in [7, 11) is -4.72. The average molecular weight is 465 g/mol. The van der Waals surface area contributed by atoms with Gasteiger partial charge in [-0.05, 0) is 25.7 Å². The molecule has 0 aromatic carbocycles. The van der Waals surface area contributed by atoms with Crippen LogP contribution >= 0.6 is 11.6 Å². The van der Waals surface area contributed by atoms with E-state index in [1.54, 1.807) is 10.7 Å². The topological polar surface area (TPSA) is 113 Å². The SMILES string of the molecule is CCC1(c2nc(Cl)c3cnc(N[C@@H]4CCN(S(=O)(=O)C(F)F)C[C@H]4O)nn23)CCC1. The molecule has 0 spiro atoms. The van der Waals surface area contributed by atoms with Gasteiger partial charge in [0.15, 0.2) is 5.15 Å². The number of alkyl halides is 2. The lowest BCUT2D eigenvalue weighted by molar-refractivity contribution is 0.0903. The highest BCUT2D eigenvalue weighted by Gasteiger charge is 2.42. The molecule has 2 aromatic rings. The molecule has 30 heavy (non-hydrogen) atoms. The molecule has 0 bridgehead atoms. The third-order valence-corrected chi connectivity index (χ3v) is 8.03. The van der Waals surface area contributed by atoms with E-state index in [0.29, 0.717) is 15.0 Å². The Morgan fingerprint density at radius 3 is 2.73 bits per heavy atom. The summed E-state index contributed by atoms with van der Waals surface area (Å²) in [6, 6.07) is -0.585. The minimum atomic E-state index is -4.72. The molecule has 9 nitrogen and oxygen atoms in total. The van der Waals surface area contributed by atoms with Crippen LogP contribution in [0.15, 0.2) is 6.20 Å².